The highest BCUT2D eigenvalue weighted by Gasteiger charge is 2.74. The van der Waals surface area contributed by atoms with Crippen LogP contribution < -0.4 is 23.5 Å². The molecule has 0 saturated heterocycles. The first-order valence-electron chi connectivity index (χ1n) is 21.1. The van der Waals surface area contributed by atoms with E-state index in [0.717, 1.165) is 73.7 Å². The second kappa shape index (κ2) is 11.5. The summed E-state index contributed by atoms with van der Waals surface area (Å²) in [5, 5.41) is 0. The maximum atomic E-state index is 7.09. The van der Waals surface area contributed by atoms with Gasteiger partial charge in [-0.3, -0.25) is 0 Å². The van der Waals surface area contributed by atoms with Gasteiger partial charge in [-0.2, -0.15) is 4.90 Å². The summed E-state index contributed by atoms with van der Waals surface area (Å²) in [5.74, 6) is 4.37. The lowest BCUT2D eigenvalue weighted by Gasteiger charge is -2.45. The molecule has 1 spiro atoms. The Morgan fingerprint density at radius 3 is 1.59 bits per heavy atom. The molecule has 5 nitrogen and oxygen atoms in total. The molecule has 9 aromatic rings. The van der Waals surface area contributed by atoms with E-state index in [1.807, 2.05) is 0 Å². The van der Waals surface area contributed by atoms with E-state index in [1.54, 1.807) is 0 Å². The highest BCUT2D eigenvalue weighted by Crippen LogP contribution is 2.65. The van der Waals surface area contributed by atoms with E-state index in [0.29, 0.717) is 0 Å². The topological polar surface area (TPSA) is 29.5 Å². The van der Waals surface area contributed by atoms with Crippen LogP contribution in [0.2, 0.25) is 0 Å². The van der Waals surface area contributed by atoms with E-state index >= 15 is 0 Å². The third kappa shape index (κ3) is 4.15. The summed E-state index contributed by atoms with van der Waals surface area (Å²) in [6, 6.07) is 68.2. The van der Waals surface area contributed by atoms with Gasteiger partial charge in [0.15, 0.2) is 22.6 Å². The van der Waals surface area contributed by atoms with Gasteiger partial charge >= 0.3 is 11.5 Å². The molecule has 14 rings (SSSR count). The van der Waals surface area contributed by atoms with Gasteiger partial charge in [-0.1, -0.05) is 153 Å². The monoisotopic (exact) mass is 783 g/mol. The smallest absolute Gasteiger partial charge is 0.381 e. The van der Waals surface area contributed by atoms with E-state index in [2.05, 4.69) is 216 Å². The van der Waals surface area contributed by atoms with Crippen LogP contribution in [-0.4, -0.2) is 0 Å². The molecule has 5 aliphatic rings. The zero-order chi connectivity index (χ0) is 40.2. The molecular weight excluding hydrogens is 747 g/mol. The Morgan fingerprint density at radius 2 is 0.934 bits per heavy atom. The number of pyridine rings is 2. The van der Waals surface area contributed by atoms with Gasteiger partial charge in [-0.25, -0.2) is 0 Å². The molecule has 0 radical (unpaired) electrons. The number of para-hydroxylation sites is 1. The Bertz CT molecular complexity index is 3380. The van der Waals surface area contributed by atoms with E-state index in [4.69, 9.17) is 9.47 Å². The van der Waals surface area contributed by atoms with Crippen LogP contribution in [0.15, 0.2) is 188 Å². The largest absolute Gasteiger partial charge is 0.455 e. The Hall–Kier alpha value is -7.76. The van der Waals surface area contributed by atoms with Crippen LogP contribution in [0.25, 0.3) is 55.9 Å². The van der Waals surface area contributed by atoms with Crippen LogP contribution in [0.3, 0.4) is 0 Å². The Labute approximate surface area is 353 Å². The van der Waals surface area contributed by atoms with Crippen LogP contribution >= 0.6 is 0 Å². The lowest BCUT2D eigenvalue weighted by atomic mass is 9.70. The second-order valence-corrected chi connectivity index (χ2v) is 17.3. The molecule has 61 heavy (non-hydrogen) atoms. The number of fused-ring (bicyclic) bond motifs is 4. The zero-order valence-corrected chi connectivity index (χ0v) is 33.6. The van der Waals surface area contributed by atoms with Gasteiger partial charge in [0, 0.05) is 34.7 Å². The standard InChI is InChI=1S/C56H37N3O2/c1-55(2)42-16-9-10-17-44(42)57-50-32-40(38-24-20-36(21-25-38)34-12-5-3-6-13-34)30-45-46-31-41(39-26-22-37(23-27-39)35-14-7-4-8-15-35)33-51-59(46)56(58(45)50)52-47(18-11-19-48(52)61-51)60-49-29-28-43(55)54(57)53(49)56/h3-33H,1-2H3/q+2. The molecule has 2 aromatic heterocycles. The molecule has 0 aliphatic carbocycles. The van der Waals surface area contributed by atoms with Crippen molar-refractivity contribution in [2.75, 3.05) is 4.90 Å². The van der Waals surface area contributed by atoms with Crippen LogP contribution in [0.5, 0.6) is 23.1 Å². The van der Waals surface area contributed by atoms with Gasteiger partial charge in [-0.15, -0.1) is 9.13 Å². The van der Waals surface area contributed by atoms with Crippen molar-refractivity contribution in [1.82, 2.24) is 0 Å². The molecule has 5 heteroatoms. The number of anilines is 3. The molecule has 7 heterocycles. The van der Waals surface area contributed by atoms with Crippen molar-refractivity contribution in [3.05, 3.63) is 210 Å². The maximum Gasteiger partial charge on any atom is 0.381 e. The normalized spacial score (nSPS) is 16.8. The number of hydrogen-bond acceptors (Lipinski definition) is 3. The molecular formula is C56H37N3O2+2. The minimum absolute atomic E-state index is 0.278. The SMILES string of the molecule is CC1(C)c2ccccc2N2c3c1ccc1c3C34c5c(cccc5Oc5cc(-c6ccc(-c7ccccc7)cc6)cc([n+]53)-c3cc(-c5ccc(-c6ccccc6)cc5)cc2[n+]34)O1. The number of benzene rings is 7. The molecule has 0 amide bonds. The summed E-state index contributed by atoms with van der Waals surface area (Å²) in [4.78, 5) is 2.52. The molecule has 1 unspecified atom stereocenters. The molecule has 0 saturated carbocycles. The Morgan fingerprint density at radius 1 is 0.410 bits per heavy atom. The zero-order valence-electron chi connectivity index (χ0n) is 33.6. The minimum atomic E-state index is -0.817. The van der Waals surface area contributed by atoms with Crippen LogP contribution in [0.1, 0.15) is 36.1 Å². The van der Waals surface area contributed by atoms with Gasteiger partial charge in [0.05, 0.1) is 6.07 Å². The van der Waals surface area contributed by atoms with Crippen LogP contribution in [0, 0.1) is 0 Å². The molecule has 1 atom stereocenters. The molecule has 0 bridgehead atoms. The third-order valence-corrected chi connectivity index (χ3v) is 13.8. The van der Waals surface area contributed by atoms with E-state index in [1.165, 1.54) is 44.8 Å². The van der Waals surface area contributed by atoms with Crippen molar-refractivity contribution < 1.29 is 18.6 Å². The summed E-state index contributed by atoms with van der Waals surface area (Å²) in [6.07, 6.45) is 0. The first kappa shape index (κ1) is 33.1. The number of hydrogen-bond donors (Lipinski definition) is 0. The number of aromatic nitrogens is 2. The lowest BCUT2D eigenvalue weighted by molar-refractivity contribution is -0.936. The van der Waals surface area contributed by atoms with Crippen molar-refractivity contribution >= 4 is 17.2 Å². The van der Waals surface area contributed by atoms with Crippen LogP contribution in [-0.2, 0) is 11.1 Å². The van der Waals surface area contributed by atoms with Crippen LogP contribution in [0.4, 0.5) is 17.2 Å². The highest BCUT2D eigenvalue weighted by atomic mass is 16.5. The molecule has 7 aromatic carbocycles. The molecule has 0 fully saturated rings. The fourth-order valence-electron chi connectivity index (χ4n) is 11.1. The van der Waals surface area contributed by atoms with E-state index in [9.17, 15) is 0 Å². The first-order chi connectivity index (χ1) is 30.0. The summed E-state index contributed by atoms with van der Waals surface area (Å²) in [6.45, 7) is 4.73. The molecule has 286 valence electrons. The van der Waals surface area contributed by atoms with Gasteiger partial charge in [0.25, 0.3) is 11.5 Å². The third-order valence-electron chi connectivity index (χ3n) is 13.8. The second-order valence-electron chi connectivity index (χ2n) is 17.3. The van der Waals surface area contributed by atoms with E-state index < -0.39 is 5.66 Å². The minimum Gasteiger partial charge on any atom is -0.455 e. The van der Waals surface area contributed by atoms with Crippen molar-refractivity contribution in [2.24, 2.45) is 0 Å². The lowest BCUT2D eigenvalue weighted by Crippen LogP contribution is -2.75. The highest BCUT2D eigenvalue weighted by molar-refractivity contribution is 5.92. The van der Waals surface area contributed by atoms with E-state index in [-0.39, 0.29) is 5.41 Å². The summed E-state index contributed by atoms with van der Waals surface area (Å²) >= 11 is 0. The maximum absolute atomic E-state index is 7.09. The Kier molecular flexibility index (Phi) is 6.24. The Balaban J connectivity index is 1.09. The average molecular weight is 784 g/mol. The fourth-order valence-corrected chi connectivity index (χ4v) is 11.1. The summed E-state index contributed by atoms with van der Waals surface area (Å²) < 4.78 is 19.1. The molecule has 5 aliphatic heterocycles. The molecule has 0 N–H and O–H groups in total. The summed E-state index contributed by atoms with van der Waals surface area (Å²) in [5.41, 5.74) is 17.5. The van der Waals surface area contributed by atoms with Gasteiger partial charge in [0.1, 0.15) is 17.2 Å². The predicted molar refractivity (Wildman–Crippen MR) is 239 cm³/mol. The van der Waals surface area contributed by atoms with Crippen molar-refractivity contribution in [2.45, 2.75) is 24.9 Å². The number of ether oxygens (including phenoxy) is 2. The average Bonchev–Trinajstić information content (AvgIpc) is 3.60. The predicted octanol–water partition coefficient (Wildman–Crippen LogP) is 12.8. The number of nitrogens with zero attached hydrogens (tertiary/aromatic N) is 3. The van der Waals surface area contributed by atoms with Gasteiger partial charge in [-0.05, 0) is 68.8 Å². The van der Waals surface area contributed by atoms with Crippen molar-refractivity contribution in [3.63, 3.8) is 0 Å². The fraction of sp³-hybridized carbons (Fsp3) is 0.0714. The van der Waals surface area contributed by atoms with Gasteiger partial charge in [0.2, 0.25) is 5.69 Å². The first-order valence-corrected chi connectivity index (χ1v) is 21.1. The van der Waals surface area contributed by atoms with Crippen molar-refractivity contribution in [3.8, 4) is 79.0 Å². The quantitative estimate of drug-likeness (QED) is 0.167. The summed E-state index contributed by atoms with van der Waals surface area (Å²) in [7, 11) is 0. The number of rotatable bonds is 4. The van der Waals surface area contributed by atoms with Gasteiger partial charge < -0.3 is 9.47 Å². The van der Waals surface area contributed by atoms with Crippen molar-refractivity contribution in [1.29, 1.82) is 0 Å².